The number of hydrogen-bond acceptors (Lipinski definition) is 2. The van der Waals surface area contributed by atoms with Crippen molar-refractivity contribution in [2.75, 3.05) is 18.5 Å². The second-order valence-corrected chi connectivity index (χ2v) is 4.72. The summed E-state index contributed by atoms with van der Waals surface area (Å²) in [5, 5.41) is 4.36. The van der Waals surface area contributed by atoms with Gasteiger partial charge in [0.05, 0.1) is 10.7 Å². The molecule has 0 saturated carbocycles. The summed E-state index contributed by atoms with van der Waals surface area (Å²) < 4.78 is 5.45. The Morgan fingerprint density at radius 3 is 3.00 bits per heavy atom. The van der Waals surface area contributed by atoms with E-state index in [1.54, 1.807) is 0 Å². The second kappa shape index (κ2) is 5.55. The van der Waals surface area contributed by atoms with Crippen molar-refractivity contribution in [1.82, 2.24) is 0 Å². The number of rotatable bonds is 2. The minimum absolute atomic E-state index is 0.487. The summed E-state index contributed by atoms with van der Waals surface area (Å²) in [6, 6.07) is 6.49. The van der Waals surface area contributed by atoms with Crippen LogP contribution < -0.4 is 5.32 Å². The number of para-hydroxylation sites is 1. The average Bonchev–Trinajstić information content (AvgIpc) is 2.52. The van der Waals surface area contributed by atoms with E-state index < -0.39 is 0 Å². The molecule has 1 atom stereocenters. The first kappa shape index (κ1) is 11.7. The molecule has 1 heterocycles. The first-order chi connectivity index (χ1) is 7.77. The van der Waals surface area contributed by atoms with Gasteiger partial charge in [-0.1, -0.05) is 23.7 Å². The number of benzene rings is 1. The summed E-state index contributed by atoms with van der Waals surface area (Å²) in [4.78, 5) is 0. The SMILES string of the molecule is Cc1cccc(Cl)c1NC1CCCOCC1. The van der Waals surface area contributed by atoms with Crippen LogP contribution in [0.25, 0.3) is 0 Å². The van der Waals surface area contributed by atoms with E-state index in [0.29, 0.717) is 6.04 Å². The van der Waals surface area contributed by atoms with Gasteiger partial charge in [-0.2, -0.15) is 0 Å². The molecule has 1 aliphatic rings. The molecule has 2 rings (SSSR count). The smallest absolute Gasteiger partial charge is 0.0640 e. The molecule has 1 saturated heterocycles. The lowest BCUT2D eigenvalue weighted by Crippen LogP contribution is -2.20. The van der Waals surface area contributed by atoms with Gasteiger partial charge in [0, 0.05) is 19.3 Å². The number of aryl methyl sites for hydroxylation is 1. The van der Waals surface area contributed by atoms with Crippen molar-refractivity contribution < 1.29 is 4.74 Å². The zero-order chi connectivity index (χ0) is 11.4. The van der Waals surface area contributed by atoms with Crippen molar-refractivity contribution in [1.29, 1.82) is 0 Å². The fourth-order valence-electron chi connectivity index (χ4n) is 2.07. The number of hydrogen-bond donors (Lipinski definition) is 1. The molecule has 0 amide bonds. The van der Waals surface area contributed by atoms with Gasteiger partial charge in [-0.05, 0) is 37.8 Å². The molecular weight excluding hydrogens is 222 g/mol. The van der Waals surface area contributed by atoms with Gasteiger partial charge in [-0.25, -0.2) is 0 Å². The predicted molar refractivity (Wildman–Crippen MR) is 68.3 cm³/mol. The Morgan fingerprint density at radius 1 is 1.31 bits per heavy atom. The van der Waals surface area contributed by atoms with Gasteiger partial charge in [0.15, 0.2) is 0 Å². The number of nitrogens with one attached hydrogen (secondary N) is 1. The Bertz CT molecular complexity index is 326. The molecule has 0 aliphatic carbocycles. The van der Waals surface area contributed by atoms with Crippen molar-refractivity contribution in [3.8, 4) is 0 Å². The Balaban J connectivity index is 2.07. The lowest BCUT2D eigenvalue weighted by Gasteiger charge is -2.19. The first-order valence-electron chi connectivity index (χ1n) is 5.87. The fourth-order valence-corrected chi connectivity index (χ4v) is 2.34. The maximum absolute atomic E-state index is 6.20. The van der Waals surface area contributed by atoms with Gasteiger partial charge in [-0.15, -0.1) is 0 Å². The largest absolute Gasteiger partial charge is 0.381 e. The molecule has 1 aliphatic heterocycles. The third-order valence-electron chi connectivity index (χ3n) is 3.02. The highest BCUT2D eigenvalue weighted by Gasteiger charge is 2.14. The standard InChI is InChI=1S/C13H18ClNO/c1-10-4-2-6-12(14)13(10)15-11-5-3-8-16-9-7-11/h2,4,6,11,15H,3,5,7-9H2,1H3. The van der Waals surface area contributed by atoms with Crippen LogP contribution in [0.2, 0.25) is 5.02 Å². The molecule has 0 radical (unpaired) electrons. The molecule has 16 heavy (non-hydrogen) atoms. The molecular formula is C13H18ClNO. The number of anilines is 1. The average molecular weight is 240 g/mol. The monoisotopic (exact) mass is 239 g/mol. The first-order valence-corrected chi connectivity index (χ1v) is 6.24. The lowest BCUT2D eigenvalue weighted by atomic mass is 10.1. The van der Waals surface area contributed by atoms with Crippen molar-refractivity contribution in [2.24, 2.45) is 0 Å². The highest BCUT2D eigenvalue weighted by molar-refractivity contribution is 6.33. The molecule has 3 heteroatoms. The van der Waals surface area contributed by atoms with Gasteiger partial charge in [0.25, 0.3) is 0 Å². The van der Waals surface area contributed by atoms with Crippen LogP contribution in [0, 0.1) is 6.92 Å². The van der Waals surface area contributed by atoms with E-state index in [9.17, 15) is 0 Å². The van der Waals surface area contributed by atoms with E-state index in [4.69, 9.17) is 16.3 Å². The summed E-state index contributed by atoms with van der Waals surface area (Å²) in [6.07, 6.45) is 3.34. The van der Waals surface area contributed by atoms with Crippen LogP contribution in [-0.2, 0) is 4.74 Å². The Hall–Kier alpha value is -0.730. The third kappa shape index (κ3) is 2.89. The van der Waals surface area contributed by atoms with Crippen LogP contribution in [0.3, 0.4) is 0 Å². The predicted octanol–water partition coefficient (Wildman–Crippen LogP) is 3.63. The van der Waals surface area contributed by atoms with E-state index in [1.807, 2.05) is 12.1 Å². The van der Waals surface area contributed by atoms with Crippen molar-refractivity contribution in [2.45, 2.75) is 32.2 Å². The molecule has 0 bridgehead atoms. The lowest BCUT2D eigenvalue weighted by molar-refractivity contribution is 0.144. The molecule has 1 aromatic rings. The van der Waals surface area contributed by atoms with Crippen LogP contribution in [0.5, 0.6) is 0 Å². The number of ether oxygens (including phenoxy) is 1. The maximum Gasteiger partial charge on any atom is 0.0640 e. The minimum atomic E-state index is 0.487. The van der Waals surface area contributed by atoms with Crippen molar-refractivity contribution in [3.05, 3.63) is 28.8 Å². The topological polar surface area (TPSA) is 21.3 Å². The van der Waals surface area contributed by atoms with Gasteiger partial charge in [0.2, 0.25) is 0 Å². The summed E-state index contributed by atoms with van der Waals surface area (Å²) in [5.74, 6) is 0. The zero-order valence-corrected chi connectivity index (χ0v) is 10.4. The summed E-state index contributed by atoms with van der Waals surface area (Å²) in [5.41, 5.74) is 2.29. The van der Waals surface area contributed by atoms with E-state index in [0.717, 1.165) is 43.2 Å². The van der Waals surface area contributed by atoms with Crippen LogP contribution >= 0.6 is 11.6 Å². The zero-order valence-electron chi connectivity index (χ0n) is 9.63. The van der Waals surface area contributed by atoms with E-state index >= 15 is 0 Å². The Kier molecular flexibility index (Phi) is 4.08. The van der Waals surface area contributed by atoms with Gasteiger partial charge in [0.1, 0.15) is 0 Å². The second-order valence-electron chi connectivity index (χ2n) is 4.32. The minimum Gasteiger partial charge on any atom is -0.381 e. The van der Waals surface area contributed by atoms with E-state index in [-0.39, 0.29) is 0 Å². The van der Waals surface area contributed by atoms with Crippen molar-refractivity contribution >= 4 is 17.3 Å². The molecule has 1 N–H and O–H groups in total. The van der Waals surface area contributed by atoms with E-state index in [2.05, 4.69) is 18.3 Å². The Labute approximate surface area is 102 Å². The molecule has 1 fully saturated rings. The Morgan fingerprint density at radius 2 is 2.19 bits per heavy atom. The van der Waals surface area contributed by atoms with Crippen LogP contribution in [0.4, 0.5) is 5.69 Å². The van der Waals surface area contributed by atoms with Crippen LogP contribution in [0.15, 0.2) is 18.2 Å². The molecule has 0 aromatic heterocycles. The highest BCUT2D eigenvalue weighted by atomic mass is 35.5. The maximum atomic E-state index is 6.20. The summed E-state index contributed by atoms with van der Waals surface area (Å²) in [7, 11) is 0. The summed E-state index contributed by atoms with van der Waals surface area (Å²) >= 11 is 6.20. The van der Waals surface area contributed by atoms with Gasteiger partial charge in [-0.3, -0.25) is 0 Å². The van der Waals surface area contributed by atoms with E-state index in [1.165, 1.54) is 5.56 Å². The fraction of sp³-hybridized carbons (Fsp3) is 0.538. The molecule has 1 unspecified atom stereocenters. The molecule has 88 valence electrons. The molecule has 2 nitrogen and oxygen atoms in total. The molecule has 1 aromatic carbocycles. The van der Waals surface area contributed by atoms with Gasteiger partial charge >= 0.3 is 0 Å². The van der Waals surface area contributed by atoms with Crippen LogP contribution in [-0.4, -0.2) is 19.3 Å². The van der Waals surface area contributed by atoms with Crippen molar-refractivity contribution in [3.63, 3.8) is 0 Å². The quantitative estimate of drug-likeness (QED) is 0.851. The van der Waals surface area contributed by atoms with Gasteiger partial charge < -0.3 is 10.1 Å². The number of halogens is 1. The highest BCUT2D eigenvalue weighted by Crippen LogP contribution is 2.27. The normalized spacial score (nSPS) is 21.5. The van der Waals surface area contributed by atoms with Crippen LogP contribution in [0.1, 0.15) is 24.8 Å². The third-order valence-corrected chi connectivity index (χ3v) is 3.34. The summed E-state index contributed by atoms with van der Waals surface area (Å²) in [6.45, 7) is 3.82. The molecule has 0 spiro atoms.